The van der Waals surface area contributed by atoms with Gasteiger partial charge in [0, 0.05) is 19.1 Å². The number of nitrogens with one attached hydrogen (secondary N) is 2. The van der Waals surface area contributed by atoms with Gasteiger partial charge in [0.15, 0.2) is 9.84 Å². The summed E-state index contributed by atoms with van der Waals surface area (Å²) in [6, 6.07) is -0.468. The Hall–Kier alpha value is -1.15. The summed E-state index contributed by atoms with van der Waals surface area (Å²) in [5, 5.41) is 4.73. The number of sulfone groups is 1. The van der Waals surface area contributed by atoms with Gasteiger partial charge in [0.05, 0.1) is 11.5 Å². The molecule has 1 heterocycles. The average molecular weight is 263 g/mol. The molecule has 0 saturated carbocycles. The lowest BCUT2D eigenvalue weighted by Gasteiger charge is -2.22. The van der Waals surface area contributed by atoms with Gasteiger partial charge in [-0.1, -0.05) is 0 Å². The van der Waals surface area contributed by atoms with Crippen molar-refractivity contribution >= 4 is 21.7 Å². The molecule has 0 aromatic rings. The smallest absolute Gasteiger partial charge is 0.309 e. The largest absolute Gasteiger partial charge is 0.347 e. The van der Waals surface area contributed by atoms with Crippen molar-refractivity contribution in [2.75, 3.05) is 24.6 Å². The van der Waals surface area contributed by atoms with Crippen LogP contribution in [-0.4, -0.2) is 50.9 Å². The molecule has 1 atom stereocenters. The van der Waals surface area contributed by atoms with Gasteiger partial charge in [0.2, 0.25) is 0 Å². The fourth-order valence-corrected chi connectivity index (χ4v) is 3.29. The van der Waals surface area contributed by atoms with Crippen LogP contribution in [0.4, 0.5) is 0 Å². The van der Waals surface area contributed by atoms with Crippen LogP contribution in [0.2, 0.25) is 0 Å². The Balaban J connectivity index is 2.43. The molecule has 1 aliphatic rings. The highest BCUT2D eigenvalue weighted by Crippen LogP contribution is 2.11. The molecule has 0 bridgehead atoms. The minimum Gasteiger partial charge on any atom is -0.347 e. The highest BCUT2D eigenvalue weighted by atomic mass is 32.2. The van der Waals surface area contributed by atoms with E-state index >= 15 is 0 Å². The van der Waals surface area contributed by atoms with Crippen molar-refractivity contribution in [3.8, 4) is 0 Å². The molecule has 1 saturated heterocycles. The number of nitrogens with two attached hydrogens (primary N) is 1. The zero-order valence-electron chi connectivity index (χ0n) is 9.44. The van der Waals surface area contributed by atoms with E-state index in [1.807, 2.05) is 0 Å². The highest BCUT2D eigenvalue weighted by molar-refractivity contribution is 7.91. The quantitative estimate of drug-likeness (QED) is 0.497. The van der Waals surface area contributed by atoms with Gasteiger partial charge in [0.1, 0.15) is 0 Å². The van der Waals surface area contributed by atoms with E-state index in [1.165, 1.54) is 0 Å². The van der Waals surface area contributed by atoms with E-state index in [9.17, 15) is 18.0 Å². The van der Waals surface area contributed by atoms with Crippen LogP contribution in [0.25, 0.3) is 0 Å². The summed E-state index contributed by atoms with van der Waals surface area (Å²) in [5.41, 5.74) is 5.17. The fourth-order valence-electron chi connectivity index (χ4n) is 1.65. The molecule has 0 aromatic heterocycles. The first-order valence-corrected chi connectivity index (χ1v) is 7.26. The van der Waals surface area contributed by atoms with Crippen LogP contribution >= 0.6 is 0 Å². The SMILES string of the molecule is NCCNC(=O)C(=O)NC1CCCS(=O)(=O)C1. The van der Waals surface area contributed by atoms with Crippen LogP contribution < -0.4 is 16.4 Å². The summed E-state index contributed by atoms with van der Waals surface area (Å²) >= 11 is 0. The molecule has 0 aliphatic carbocycles. The van der Waals surface area contributed by atoms with Crippen LogP contribution in [0.15, 0.2) is 0 Å². The molecule has 1 rings (SSSR count). The van der Waals surface area contributed by atoms with Crippen LogP contribution in [-0.2, 0) is 19.4 Å². The number of hydrogen-bond acceptors (Lipinski definition) is 5. The lowest BCUT2D eigenvalue weighted by atomic mass is 10.2. The van der Waals surface area contributed by atoms with E-state index in [2.05, 4.69) is 10.6 Å². The molecular weight excluding hydrogens is 246 g/mol. The van der Waals surface area contributed by atoms with Crippen molar-refractivity contribution in [3.05, 3.63) is 0 Å². The third-order valence-electron chi connectivity index (χ3n) is 2.43. The molecule has 1 aliphatic heterocycles. The molecule has 7 nitrogen and oxygen atoms in total. The molecule has 1 fully saturated rings. The topological polar surface area (TPSA) is 118 Å². The Morgan fingerprint density at radius 3 is 2.59 bits per heavy atom. The second-order valence-corrected chi connectivity index (χ2v) is 6.20. The predicted octanol–water partition coefficient (Wildman–Crippen LogP) is -2.25. The van der Waals surface area contributed by atoms with Gasteiger partial charge < -0.3 is 16.4 Å². The Morgan fingerprint density at radius 1 is 1.29 bits per heavy atom. The van der Waals surface area contributed by atoms with Crippen LogP contribution in [0.1, 0.15) is 12.8 Å². The Bertz CT molecular complexity index is 393. The maximum absolute atomic E-state index is 11.4. The minimum absolute atomic E-state index is 0.0943. The summed E-state index contributed by atoms with van der Waals surface area (Å²) in [6.45, 7) is 0.464. The lowest BCUT2D eigenvalue weighted by molar-refractivity contribution is -0.139. The summed E-state index contributed by atoms with van der Waals surface area (Å²) in [6.07, 6.45) is 1.09. The molecular formula is C9H17N3O4S. The van der Waals surface area contributed by atoms with Crippen molar-refractivity contribution in [2.45, 2.75) is 18.9 Å². The number of carbonyl (C=O) groups is 2. The molecule has 4 N–H and O–H groups in total. The molecule has 0 radical (unpaired) electrons. The van der Waals surface area contributed by atoms with Gasteiger partial charge in [-0.3, -0.25) is 9.59 Å². The number of rotatable bonds is 3. The number of amides is 2. The fraction of sp³-hybridized carbons (Fsp3) is 0.778. The molecule has 1 unspecified atom stereocenters. The van der Waals surface area contributed by atoms with E-state index in [0.29, 0.717) is 12.8 Å². The minimum atomic E-state index is -3.09. The van der Waals surface area contributed by atoms with Gasteiger partial charge >= 0.3 is 11.8 Å². The zero-order chi connectivity index (χ0) is 12.9. The zero-order valence-corrected chi connectivity index (χ0v) is 10.3. The van der Waals surface area contributed by atoms with Crippen molar-refractivity contribution in [2.24, 2.45) is 5.73 Å². The molecule has 98 valence electrons. The van der Waals surface area contributed by atoms with Crippen molar-refractivity contribution in [1.29, 1.82) is 0 Å². The summed E-state index contributed by atoms with van der Waals surface area (Å²) in [5.74, 6) is -1.53. The number of carbonyl (C=O) groups excluding carboxylic acids is 2. The second kappa shape index (κ2) is 5.97. The second-order valence-electron chi connectivity index (χ2n) is 3.97. The van der Waals surface area contributed by atoms with E-state index in [-0.39, 0.29) is 24.6 Å². The highest BCUT2D eigenvalue weighted by Gasteiger charge is 2.27. The molecule has 0 aromatic carbocycles. The van der Waals surface area contributed by atoms with Gasteiger partial charge in [-0.25, -0.2) is 8.42 Å². The summed E-state index contributed by atoms with van der Waals surface area (Å²) < 4.78 is 22.6. The summed E-state index contributed by atoms with van der Waals surface area (Å²) in [7, 11) is -3.09. The van der Waals surface area contributed by atoms with E-state index in [0.717, 1.165) is 0 Å². The normalized spacial score (nSPS) is 22.8. The van der Waals surface area contributed by atoms with Gasteiger partial charge in [-0.05, 0) is 12.8 Å². The van der Waals surface area contributed by atoms with Crippen molar-refractivity contribution in [1.82, 2.24) is 10.6 Å². The lowest BCUT2D eigenvalue weighted by Crippen LogP contribution is -2.49. The van der Waals surface area contributed by atoms with Crippen molar-refractivity contribution < 1.29 is 18.0 Å². The maximum atomic E-state index is 11.4. The third kappa shape index (κ3) is 4.70. The first-order valence-electron chi connectivity index (χ1n) is 5.44. The summed E-state index contributed by atoms with van der Waals surface area (Å²) in [4.78, 5) is 22.6. The Kier molecular flexibility index (Phi) is 4.88. The van der Waals surface area contributed by atoms with E-state index in [1.54, 1.807) is 0 Å². The maximum Gasteiger partial charge on any atom is 0.309 e. The number of hydrogen-bond donors (Lipinski definition) is 3. The van der Waals surface area contributed by atoms with Gasteiger partial charge in [0.25, 0.3) is 0 Å². The van der Waals surface area contributed by atoms with E-state index < -0.39 is 27.7 Å². The van der Waals surface area contributed by atoms with E-state index in [4.69, 9.17) is 5.73 Å². The van der Waals surface area contributed by atoms with Crippen molar-refractivity contribution in [3.63, 3.8) is 0 Å². The monoisotopic (exact) mass is 263 g/mol. The molecule has 0 spiro atoms. The third-order valence-corrected chi connectivity index (χ3v) is 4.26. The Morgan fingerprint density at radius 2 is 2.00 bits per heavy atom. The predicted molar refractivity (Wildman–Crippen MR) is 61.9 cm³/mol. The standard InChI is InChI=1S/C9H17N3O4S/c10-3-4-11-8(13)9(14)12-7-2-1-5-17(15,16)6-7/h7H,1-6,10H2,(H,11,13)(H,12,14). The Labute approximate surface area is 100 Å². The molecule has 17 heavy (non-hydrogen) atoms. The first kappa shape index (κ1) is 13.9. The van der Waals surface area contributed by atoms with Gasteiger partial charge in [-0.15, -0.1) is 0 Å². The van der Waals surface area contributed by atoms with Gasteiger partial charge in [-0.2, -0.15) is 0 Å². The first-order chi connectivity index (χ1) is 7.94. The average Bonchev–Trinajstić information content (AvgIpc) is 2.24. The van der Waals surface area contributed by atoms with Crippen LogP contribution in [0, 0.1) is 0 Å². The van der Waals surface area contributed by atoms with Crippen LogP contribution in [0.5, 0.6) is 0 Å². The van der Waals surface area contributed by atoms with Crippen LogP contribution in [0.3, 0.4) is 0 Å². The molecule has 8 heteroatoms. The molecule has 2 amide bonds.